The van der Waals surface area contributed by atoms with Crippen LogP contribution in [0.25, 0.3) is 10.2 Å². The summed E-state index contributed by atoms with van der Waals surface area (Å²) < 4.78 is 5.76. The minimum Gasteiger partial charge on any atom is -0.438 e. The van der Waals surface area contributed by atoms with E-state index in [0.29, 0.717) is 18.1 Å². The van der Waals surface area contributed by atoms with Crippen LogP contribution >= 0.6 is 11.3 Å². The van der Waals surface area contributed by atoms with Gasteiger partial charge >= 0.3 is 0 Å². The van der Waals surface area contributed by atoms with Crippen molar-refractivity contribution in [3.05, 3.63) is 47.6 Å². The van der Waals surface area contributed by atoms with Crippen LogP contribution in [0.3, 0.4) is 0 Å². The fourth-order valence-electron chi connectivity index (χ4n) is 1.73. The first-order valence-electron chi connectivity index (χ1n) is 5.69. The Balaban J connectivity index is 1.88. The van der Waals surface area contributed by atoms with Crippen LogP contribution in [0.2, 0.25) is 0 Å². The maximum Gasteiger partial charge on any atom is 0.231 e. The molecule has 0 atom stereocenters. The van der Waals surface area contributed by atoms with Gasteiger partial charge in [-0.15, -0.1) is 11.3 Å². The van der Waals surface area contributed by atoms with Crippen LogP contribution in [0.15, 0.2) is 42.0 Å². The number of rotatable bonds is 3. The molecular formula is C14H9N3OS. The van der Waals surface area contributed by atoms with E-state index in [0.717, 1.165) is 15.8 Å². The first kappa shape index (κ1) is 11.6. The molecule has 0 spiro atoms. The summed E-state index contributed by atoms with van der Waals surface area (Å²) >= 11 is 1.55. The van der Waals surface area contributed by atoms with Crippen LogP contribution in [0.1, 0.15) is 5.56 Å². The molecule has 0 aliphatic carbocycles. The maximum atomic E-state index is 8.62. The van der Waals surface area contributed by atoms with Gasteiger partial charge in [0.1, 0.15) is 16.9 Å². The minimum atomic E-state index is 0.405. The Morgan fingerprint density at radius 3 is 2.79 bits per heavy atom. The molecule has 0 radical (unpaired) electrons. The highest BCUT2D eigenvalue weighted by molar-refractivity contribution is 7.16. The van der Waals surface area contributed by atoms with E-state index in [1.165, 1.54) is 6.33 Å². The second kappa shape index (κ2) is 5.04. The van der Waals surface area contributed by atoms with Crippen molar-refractivity contribution < 1.29 is 4.74 Å². The molecule has 4 nitrogen and oxygen atoms in total. The quantitative estimate of drug-likeness (QED) is 0.728. The molecule has 92 valence electrons. The first-order valence-corrected chi connectivity index (χ1v) is 6.57. The van der Waals surface area contributed by atoms with Crippen LogP contribution in [-0.2, 0) is 6.42 Å². The standard InChI is InChI=1S/C14H9N3OS/c15-7-5-10-1-3-11(4-2-10)18-13-12-6-8-19-14(12)17-9-16-13/h1-4,6,8-9H,5H2. The number of fused-ring (bicyclic) bond motifs is 1. The molecule has 0 amide bonds. The van der Waals surface area contributed by atoms with E-state index in [2.05, 4.69) is 16.0 Å². The second-order valence-electron chi connectivity index (χ2n) is 3.90. The third kappa shape index (κ3) is 2.39. The van der Waals surface area contributed by atoms with E-state index in [1.807, 2.05) is 35.7 Å². The van der Waals surface area contributed by atoms with Crippen molar-refractivity contribution in [2.24, 2.45) is 0 Å². The fraction of sp³-hybridized carbons (Fsp3) is 0.0714. The van der Waals surface area contributed by atoms with Crippen LogP contribution in [0, 0.1) is 11.3 Å². The number of hydrogen-bond donors (Lipinski definition) is 0. The molecule has 19 heavy (non-hydrogen) atoms. The van der Waals surface area contributed by atoms with Gasteiger partial charge in [-0.3, -0.25) is 0 Å². The summed E-state index contributed by atoms with van der Waals surface area (Å²) in [7, 11) is 0. The molecule has 0 bridgehead atoms. The van der Waals surface area contributed by atoms with E-state index in [4.69, 9.17) is 10.00 Å². The molecule has 3 rings (SSSR count). The number of ether oxygens (including phenoxy) is 1. The number of benzene rings is 1. The molecule has 0 aliphatic rings. The lowest BCUT2D eigenvalue weighted by Gasteiger charge is -2.05. The van der Waals surface area contributed by atoms with Crippen molar-refractivity contribution in [3.8, 4) is 17.7 Å². The lowest BCUT2D eigenvalue weighted by Crippen LogP contribution is -1.90. The van der Waals surface area contributed by atoms with Gasteiger partial charge in [0.2, 0.25) is 5.88 Å². The number of nitriles is 1. The lowest BCUT2D eigenvalue weighted by atomic mass is 10.2. The van der Waals surface area contributed by atoms with Gasteiger partial charge in [0.25, 0.3) is 0 Å². The number of nitrogens with zero attached hydrogens (tertiary/aromatic N) is 3. The third-order valence-electron chi connectivity index (χ3n) is 2.65. The average Bonchev–Trinajstić information content (AvgIpc) is 2.91. The van der Waals surface area contributed by atoms with E-state index in [-0.39, 0.29) is 0 Å². The third-order valence-corrected chi connectivity index (χ3v) is 3.47. The lowest BCUT2D eigenvalue weighted by molar-refractivity contribution is 0.468. The largest absolute Gasteiger partial charge is 0.438 e. The Labute approximate surface area is 113 Å². The predicted molar refractivity (Wildman–Crippen MR) is 73.2 cm³/mol. The number of aromatic nitrogens is 2. The Hall–Kier alpha value is -2.45. The Kier molecular flexibility index (Phi) is 3.09. The zero-order chi connectivity index (χ0) is 13.1. The molecule has 0 N–H and O–H groups in total. The van der Waals surface area contributed by atoms with Crippen LogP contribution in [-0.4, -0.2) is 9.97 Å². The van der Waals surface area contributed by atoms with Crippen molar-refractivity contribution in [3.63, 3.8) is 0 Å². The topological polar surface area (TPSA) is 58.8 Å². The van der Waals surface area contributed by atoms with Crippen molar-refractivity contribution >= 4 is 21.6 Å². The van der Waals surface area contributed by atoms with Crippen LogP contribution in [0.5, 0.6) is 11.6 Å². The van der Waals surface area contributed by atoms with Gasteiger partial charge < -0.3 is 4.74 Å². The molecule has 0 unspecified atom stereocenters. The van der Waals surface area contributed by atoms with E-state index >= 15 is 0 Å². The summed E-state index contributed by atoms with van der Waals surface area (Å²) in [4.78, 5) is 9.24. The van der Waals surface area contributed by atoms with Gasteiger partial charge in [0, 0.05) is 0 Å². The van der Waals surface area contributed by atoms with Gasteiger partial charge in [0.15, 0.2) is 0 Å². The zero-order valence-electron chi connectivity index (χ0n) is 9.91. The minimum absolute atomic E-state index is 0.405. The molecule has 5 heteroatoms. The van der Waals surface area contributed by atoms with E-state index in [1.54, 1.807) is 11.3 Å². The normalized spacial score (nSPS) is 10.3. The van der Waals surface area contributed by atoms with Gasteiger partial charge in [0.05, 0.1) is 17.9 Å². The molecular weight excluding hydrogens is 258 g/mol. The zero-order valence-corrected chi connectivity index (χ0v) is 10.7. The van der Waals surface area contributed by atoms with Gasteiger partial charge in [-0.1, -0.05) is 12.1 Å². The molecule has 0 aliphatic heterocycles. The molecule has 0 fully saturated rings. The van der Waals surface area contributed by atoms with Crippen LogP contribution < -0.4 is 4.74 Å². The van der Waals surface area contributed by atoms with Gasteiger partial charge in [-0.25, -0.2) is 9.97 Å². The average molecular weight is 267 g/mol. The molecule has 3 aromatic rings. The first-order chi connectivity index (χ1) is 9.36. The molecule has 2 aromatic heterocycles. The van der Waals surface area contributed by atoms with Crippen molar-refractivity contribution in [1.82, 2.24) is 9.97 Å². The second-order valence-corrected chi connectivity index (χ2v) is 4.79. The SMILES string of the molecule is N#CCc1ccc(Oc2ncnc3sccc23)cc1. The van der Waals surface area contributed by atoms with Crippen molar-refractivity contribution in [1.29, 1.82) is 5.26 Å². The highest BCUT2D eigenvalue weighted by atomic mass is 32.1. The molecule has 2 heterocycles. The molecule has 0 saturated carbocycles. The fourth-order valence-corrected chi connectivity index (χ4v) is 2.45. The van der Waals surface area contributed by atoms with Gasteiger partial charge in [-0.2, -0.15) is 5.26 Å². The van der Waals surface area contributed by atoms with E-state index in [9.17, 15) is 0 Å². The number of hydrogen-bond acceptors (Lipinski definition) is 5. The maximum absolute atomic E-state index is 8.62. The summed E-state index contributed by atoms with van der Waals surface area (Å²) in [6.07, 6.45) is 1.90. The summed E-state index contributed by atoms with van der Waals surface area (Å²) in [6.45, 7) is 0. The predicted octanol–water partition coefficient (Wildman–Crippen LogP) is 3.55. The number of thiophene rings is 1. The van der Waals surface area contributed by atoms with Crippen molar-refractivity contribution in [2.45, 2.75) is 6.42 Å². The highest BCUT2D eigenvalue weighted by Gasteiger charge is 2.06. The Bertz CT molecular complexity index is 743. The molecule has 0 saturated heterocycles. The molecule has 1 aromatic carbocycles. The van der Waals surface area contributed by atoms with E-state index < -0.39 is 0 Å². The van der Waals surface area contributed by atoms with Crippen LogP contribution in [0.4, 0.5) is 0 Å². The summed E-state index contributed by atoms with van der Waals surface area (Å²) in [5, 5.41) is 11.5. The summed E-state index contributed by atoms with van der Waals surface area (Å²) in [5.74, 6) is 1.26. The van der Waals surface area contributed by atoms with Crippen molar-refractivity contribution in [2.75, 3.05) is 0 Å². The highest BCUT2D eigenvalue weighted by Crippen LogP contribution is 2.29. The Morgan fingerprint density at radius 1 is 1.16 bits per heavy atom. The summed E-state index contributed by atoms with van der Waals surface area (Å²) in [6, 6.07) is 11.5. The van der Waals surface area contributed by atoms with Gasteiger partial charge in [-0.05, 0) is 29.1 Å². The smallest absolute Gasteiger partial charge is 0.231 e. The Morgan fingerprint density at radius 2 is 2.00 bits per heavy atom. The summed E-state index contributed by atoms with van der Waals surface area (Å²) in [5.41, 5.74) is 0.971. The monoisotopic (exact) mass is 267 g/mol.